The number of carbonyl (C=O) groups excluding carboxylic acids is 1. The van der Waals surface area contributed by atoms with Gasteiger partial charge in [-0.05, 0) is 35.7 Å². The van der Waals surface area contributed by atoms with Crippen LogP contribution in [0.4, 0.5) is 10.8 Å². The van der Waals surface area contributed by atoms with Crippen molar-refractivity contribution in [3.63, 3.8) is 0 Å². The van der Waals surface area contributed by atoms with Crippen LogP contribution in [0, 0.1) is 5.92 Å². The number of aromatic nitrogens is 2. The third-order valence-electron chi connectivity index (χ3n) is 5.29. The SMILES string of the molecule is CCC(C)C(NS(=O)(=O)Cc1ccccc1)C(=O)Nc1nnc(-c2ccc(N(C)C)cc2)s1. The van der Waals surface area contributed by atoms with Gasteiger partial charge in [0, 0.05) is 25.3 Å². The maximum absolute atomic E-state index is 13.0. The predicted molar refractivity (Wildman–Crippen MR) is 134 cm³/mol. The summed E-state index contributed by atoms with van der Waals surface area (Å²) in [5.74, 6) is -0.854. The van der Waals surface area contributed by atoms with Crippen molar-refractivity contribution in [2.75, 3.05) is 24.3 Å². The molecule has 2 unspecified atom stereocenters. The fourth-order valence-electron chi connectivity index (χ4n) is 3.17. The van der Waals surface area contributed by atoms with E-state index in [0.29, 0.717) is 22.1 Å². The lowest BCUT2D eigenvalue weighted by atomic mass is 9.99. The zero-order chi connectivity index (χ0) is 24.0. The van der Waals surface area contributed by atoms with Gasteiger partial charge >= 0.3 is 0 Å². The highest BCUT2D eigenvalue weighted by molar-refractivity contribution is 7.88. The largest absolute Gasteiger partial charge is 0.378 e. The predicted octanol–water partition coefficient (Wildman–Crippen LogP) is 3.74. The summed E-state index contributed by atoms with van der Waals surface area (Å²) in [6, 6.07) is 15.8. The molecule has 3 rings (SSSR count). The number of rotatable bonds is 10. The van der Waals surface area contributed by atoms with Gasteiger partial charge in [0.15, 0.2) is 0 Å². The van der Waals surface area contributed by atoms with Crippen molar-refractivity contribution < 1.29 is 13.2 Å². The van der Waals surface area contributed by atoms with Gasteiger partial charge in [-0.25, -0.2) is 13.1 Å². The van der Waals surface area contributed by atoms with E-state index < -0.39 is 22.0 Å². The molecule has 1 aromatic heterocycles. The molecule has 3 aromatic rings. The first kappa shape index (κ1) is 24.8. The Bertz CT molecular complexity index is 1160. The molecule has 8 nitrogen and oxygen atoms in total. The van der Waals surface area contributed by atoms with Crippen molar-refractivity contribution in [3.8, 4) is 10.6 Å². The molecule has 2 aromatic carbocycles. The third kappa shape index (κ3) is 6.83. The lowest BCUT2D eigenvalue weighted by molar-refractivity contribution is -0.118. The van der Waals surface area contributed by atoms with Gasteiger partial charge in [-0.15, -0.1) is 10.2 Å². The number of carbonyl (C=O) groups is 1. The number of nitrogens with one attached hydrogen (secondary N) is 2. The van der Waals surface area contributed by atoms with Crippen LogP contribution >= 0.6 is 11.3 Å². The average molecular weight is 488 g/mol. The second kappa shape index (κ2) is 10.9. The van der Waals surface area contributed by atoms with Crippen LogP contribution in [0.5, 0.6) is 0 Å². The summed E-state index contributed by atoms with van der Waals surface area (Å²) >= 11 is 1.24. The van der Waals surface area contributed by atoms with E-state index >= 15 is 0 Å². The number of hydrogen-bond acceptors (Lipinski definition) is 7. The summed E-state index contributed by atoms with van der Waals surface area (Å²) in [5.41, 5.74) is 2.61. The Kier molecular flexibility index (Phi) is 8.17. The van der Waals surface area contributed by atoms with Crippen LogP contribution in [0.2, 0.25) is 0 Å². The van der Waals surface area contributed by atoms with Gasteiger partial charge < -0.3 is 4.90 Å². The highest BCUT2D eigenvalue weighted by Gasteiger charge is 2.29. The minimum absolute atomic E-state index is 0.194. The Morgan fingerprint density at radius 2 is 1.73 bits per heavy atom. The standard InChI is InChI=1S/C23H29N5O3S2/c1-5-16(2)20(27-33(30,31)15-17-9-7-6-8-10-17)21(29)24-23-26-25-22(32-23)18-11-13-19(14-12-18)28(3)4/h6-14,16,20,27H,5,15H2,1-4H3,(H,24,26,29). The first-order chi connectivity index (χ1) is 15.7. The molecule has 0 saturated carbocycles. The molecule has 2 atom stereocenters. The second-order valence-corrected chi connectivity index (χ2v) is 10.8. The van der Waals surface area contributed by atoms with E-state index in [-0.39, 0.29) is 11.7 Å². The fourth-order valence-corrected chi connectivity index (χ4v) is 5.36. The summed E-state index contributed by atoms with van der Waals surface area (Å²) in [4.78, 5) is 15.0. The van der Waals surface area contributed by atoms with E-state index in [9.17, 15) is 13.2 Å². The van der Waals surface area contributed by atoms with E-state index in [4.69, 9.17) is 0 Å². The van der Waals surface area contributed by atoms with E-state index in [0.717, 1.165) is 11.3 Å². The van der Waals surface area contributed by atoms with Crippen molar-refractivity contribution in [1.29, 1.82) is 0 Å². The number of hydrogen-bond donors (Lipinski definition) is 2. The molecule has 0 aliphatic carbocycles. The molecule has 0 fully saturated rings. The Labute approximate surface area is 199 Å². The maximum atomic E-state index is 13.0. The minimum Gasteiger partial charge on any atom is -0.378 e. The van der Waals surface area contributed by atoms with Crippen molar-refractivity contribution in [2.45, 2.75) is 32.1 Å². The van der Waals surface area contributed by atoms with E-state index in [1.165, 1.54) is 11.3 Å². The minimum atomic E-state index is -3.72. The highest BCUT2D eigenvalue weighted by Crippen LogP contribution is 2.28. The number of nitrogens with zero attached hydrogens (tertiary/aromatic N) is 3. The normalized spacial score (nSPS) is 13.3. The number of amides is 1. The van der Waals surface area contributed by atoms with E-state index in [1.807, 2.05) is 63.2 Å². The molecule has 1 amide bonds. The third-order valence-corrected chi connectivity index (χ3v) is 7.50. The van der Waals surface area contributed by atoms with Crippen molar-refractivity contribution in [3.05, 3.63) is 60.2 Å². The Hall–Kier alpha value is -2.82. The molecule has 0 aliphatic heterocycles. The molecule has 0 radical (unpaired) electrons. The summed E-state index contributed by atoms with van der Waals surface area (Å²) in [6.45, 7) is 3.75. The van der Waals surface area contributed by atoms with Crippen LogP contribution < -0.4 is 14.9 Å². The molecule has 0 bridgehead atoms. The molecule has 1 heterocycles. The second-order valence-electron chi connectivity index (χ2n) is 8.07. The Morgan fingerprint density at radius 3 is 2.33 bits per heavy atom. The monoisotopic (exact) mass is 487 g/mol. The number of anilines is 2. The molecule has 33 heavy (non-hydrogen) atoms. The van der Waals surface area contributed by atoms with E-state index in [1.54, 1.807) is 24.3 Å². The van der Waals surface area contributed by atoms with Crippen LogP contribution in [0.25, 0.3) is 10.6 Å². The molecular formula is C23H29N5O3S2. The summed E-state index contributed by atoms with van der Waals surface area (Å²) < 4.78 is 28.0. The zero-order valence-electron chi connectivity index (χ0n) is 19.1. The first-order valence-corrected chi connectivity index (χ1v) is 13.1. The van der Waals surface area contributed by atoms with Gasteiger partial charge in [-0.3, -0.25) is 10.1 Å². The van der Waals surface area contributed by atoms with Gasteiger partial charge in [0.2, 0.25) is 21.1 Å². The van der Waals surface area contributed by atoms with Crippen LogP contribution in [0.3, 0.4) is 0 Å². The fraction of sp³-hybridized carbons (Fsp3) is 0.348. The summed E-state index contributed by atoms with van der Waals surface area (Å²) in [7, 11) is 0.213. The summed E-state index contributed by atoms with van der Waals surface area (Å²) in [5, 5.41) is 12.0. The molecular weight excluding hydrogens is 458 g/mol. The van der Waals surface area contributed by atoms with Gasteiger partial charge in [0.1, 0.15) is 11.0 Å². The van der Waals surface area contributed by atoms with Gasteiger partial charge in [0.25, 0.3) is 0 Å². The van der Waals surface area contributed by atoms with Crippen molar-refractivity contribution >= 4 is 38.1 Å². The maximum Gasteiger partial charge on any atom is 0.244 e. The average Bonchev–Trinajstić information content (AvgIpc) is 3.25. The summed E-state index contributed by atoms with van der Waals surface area (Å²) in [6.07, 6.45) is 0.630. The zero-order valence-corrected chi connectivity index (χ0v) is 20.8. The molecule has 176 valence electrons. The Morgan fingerprint density at radius 1 is 1.06 bits per heavy atom. The van der Waals surface area contributed by atoms with Crippen LogP contribution in [0.1, 0.15) is 25.8 Å². The van der Waals surface area contributed by atoms with Crippen LogP contribution in [-0.4, -0.2) is 44.7 Å². The highest BCUT2D eigenvalue weighted by atomic mass is 32.2. The van der Waals surface area contributed by atoms with E-state index in [2.05, 4.69) is 20.2 Å². The lowest BCUT2D eigenvalue weighted by Crippen LogP contribution is -2.47. The topological polar surface area (TPSA) is 104 Å². The molecule has 10 heteroatoms. The van der Waals surface area contributed by atoms with Gasteiger partial charge in [0.05, 0.1) is 5.75 Å². The van der Waals surface area contributed by atoms with Gasteiger partial charge in [-0.2, -0.15) is 0 Å². The van der Waals surface area contributed by atoms with Gasteiger partial charge in [-0.1, -0.05) is 61.9 Å². The van der Waals surface area contributed by atoms with Crippen LogP contribution in [0.15, 0.2) is 54.6 Å². The first-order valence-electron chi connectivity index (χ1n) is 10.6. The lowest BCUT2D eigenvalue weighted by Gasteiger charge is -2.22. The smallest absolute Gasteiger partial charge is 0.244 e. The number of benzene rings is 2. The van der Waals surface area contributed by atoms with Crippen LogP contribution in [-0.2, 0) is 20.6 Å². The Balaban J connectivity index is 1.71. The van der Waals surface area contributed by atoms with Crippen molar-refractivity contribution in [1.82, 2.24) is 14.9 Å². The molecule has 0 spiro atoms. The molecule has 0 aliphatic rings. The molecule has 2 N–H and O–H groups in total. The quantitative estimate of drug-likeness (QED) is 0.451. The molecule has 0 saturated heterocycles. The number of sulfonamides is 1. The van der Waals surface area contributed by atoms with Crippen molar-refractivity contribution in [2.24, 2.45) is 5.92 Å².